The van der Waals surface area contributed by atoms with E-state index in [1.807, 2.05) is 10.7 Å². The highest BCUT2D eigenvalue weighted by Gasteiger charge is 2.24. The van der Waals surface area contributed by atoms with Crippen LogP contribution < -0.4 is 5.32 Å². The molecule has 1 fully saturated rings. The third kappa shape index (κ3) is 3.02. The van der Waals surface area contributed by atoms with Gasteiger partial charge in [0.05, 0.1) is 17.1 Å². The van der Waals surface area contributed by atoms with Gasteiger partial charge >= 0.3 is 0 Å². The van der Waals surface area contributed by atoms with Gasteiger partial charge in [0.1, 0.15) is 5.82 Å². The fourth-order valence-corrected chi connectivity index (χ4v) is 5.19. The number of amides is 1. The van der Waals surface area contributed by atoms with E-state index < -0.39 is 0 Å². The van der Waals surface area contributed by atoms with Crippen LogP contribution in [0.15, 0.2) is 18.3 Å². The van der Waals surface area contributed by atoms with Crippen molar-refractivity contribution in [3.63, 3.8) is 0 Å². The maximum atomic E-state index is 12.7. The molecule has 24 heavy (non-hydrogen) atoms. The number of hydrogen-bond donors (Lipinski definition) is 1. The molecule has 0 saturated heterocycles. The predicted octanol–water partition coefficient (Wildman–Crippen LogP) is 4.83. The molecular formula is C19H25N3OS. The van der Waals surface area contributed by atoms with Crippen LogP contribution in [0.4, 0.5) is 5.82 Å². The minimum Gasteiger partial charge on any atom is -0.306 e. The average molecular weight is 343 g/mol. The number of aromatic nitrogens is 2. The van der Waals surface area contributed by atoms with Gasteiger partial charge in [0.2, 0.25) is 0 Å². The lowest BCUT2D eigenvalue weighted by Gasteiger charge is -2.19. The SMILES string of the molecule is CCC1CCc2sc(C(=O)Nc3ccnn3C3CCCC3)cc2C1. The molecule has 5 heteroatoms. The van der Waals surface area contributed by atoms with E-state index in [0.717, 1.165) is 42.3 Å². The van der Waals surface area contributed by atoms with Crippen LogP contribution >= 0.6 is 11.3 Å². The van der Waals surface area contributed by atoms with Gasteiger partial charge < -0.3 is 5.32 Å². The van der Waals surface area contributed by atoms with Crippen LogP contribution in [0.5, 0.6) is 0 Å². The molecule has 2 aliphatic carbocycles. The van der Waals surface area contributed by atoms with Crippen LogP contribution in [0.3, 0.4) is 0 Å². The van der Waals surface area contributed by atoms with Crippen LogP contribution in [0.25, 0.3) is 0 Å². The zero-order valence-electron chi connectivity index (χ0n) is 14.3. The smallest absolute Gasteiger partial charge is 0.266 e. The number of aryl methyl sites for hydroxylation is 1. The standard InChI is InChI=1S/C19H25N3OS/c1-2-13-7-8-16-14(11-13)12-17(24-16)19(23)21-18-9-10-20-22(18)15-5-3-4-6-15/h9-10,12-13,15H,2-8,11H2,1H3,(H,21,23). The van der Waals surface area contributed by atoms with Crippen molar-refractivity contribution in [3.8, 4) is 0 Å². The highest BCUT2D eigenvalue weighted by molar-refractivity contribution is 7.14. The largest absolute Gasteiger partial charge is 0.306 e. The lowest BCUT2D eigenvalue weighted by molar-refractivity contribution is 0.102. The number of anilines is 1. The van der Waals surface area contributed by atoms with E-state index in [-0.39, 0.29) is 5.91 Å². The summed E-state index contributed by atoms with van der Waals surface area (Å²) < 4.78 is 2.01. The van der Waals surface area contributed by atoms with E-state index in [1.54, 1.807) is 17.5 Å². The first kappa shape index (κ1) is 15.9. The third-order valence-electron chi connectivity index (χ3n) is 5.57. The Balaban J connectivity index is 1.49. The summed E-state index contributed by atoms with van der Waals surface area (Å²) in [7, 11) is 0. The lowest BCUT2D eigenvalue weighted by Crippen LogP contribution is -2.16. The third-order valence-corrected chi connectivity index (χ3v) is 6.80. The first-order valence-electron chi connectivity index (χ1n) is 9.21. The van der Waals surface area contributed by atoms with Crippen LogP contribution in [-0.2, 0) is 12.8 Å². The molecule has 0 aliphatic heterocycles. The van der Waals surface area contributed by atoms with Crippen LogP contribution in [0.2, 0.25) is 0 Å². The van der Waals surface area contributed by atoms with Gasteiger partial charge in [-0.3, -0.25) is 4.79 Å². The molecule has 1 N–H and O–H groups in total. The molecule has 2 aliphatic rings. The Morgan fingerprint density at radius 1 is 1.38 bits per heavy atom. The van der Waals surface area contributed by atoms with Crippen molar-refractivity contribution in [3.05, 3.63) is 33.6 Å². The zero-order chi connectivity index (χ0) is 16.5. The molecule has 1 unspecified atom stereocenters. The predicted molar refractivity (Wildman–Crippen MR) is 97.8 cm³/mol. The Labute approximate surface area is 147 Å². The topological polar surface area (TPSA) is 46.9 Å². The zero-order valence-corrected chi connectivity index (χ0v) is 15.1. The summed E-state index contributed by atoms with van der Waals surface area (Å²) in [6.45, 7) is 2.26. The first-order valence-corrected chi connectivity index (χ1v) is 10.0. The molecular weight excluding hydrogens is 318 g/mol. The van der Waals surface area contributed by atoms with Gasteiger partial charge in [0.25, 0.3) is 5.91 Å². The normalized spacial score (nSPS) is 21.0. The molecule has 0 radical (unpaired) electrons. The first-order chi connectivity index (χ1) is 11.7. The maximum absolute atomic E-state index is 12.7. The number of nitrogens with one attached hydrogen (secondary N) is 1. The summed E-state index contributed by atoms with van der Waals surface area (Å²) in [4.78, 5) is 15.0. The van der Waals surface area contributed by atoms with Crippen LogP contribution in [0, 0.1) is 5.92 Å². The number of nitrogens with zero attached hydrogens (tertiary/aromatic N) is 2. The molecule has 0 aromatic carbocycles. The van der Waals surface area contributed by atoms with Gasteiger partial charge in [-0.05, 0) is 49.7 Å². The molecule has 2 aromatic rings. The van der Waals surface area contributed by atoms with E-state index in [1.165, 1.54) is 36.1 Å². The quantitative estimate of drug-likeness (QED) is 0.864. The second-order valence-electron chi connectivity index (χ2n) is 7.13. The van der Waals surface area contributed by atoms with Crippen LogP contribution in [0.1, 0.15) is 71.6 Å². The highest BCUT2D eigenvalue weighted by Crippen LogP contribution is 2.34. The Kier molecular flexibility index (Phi) is 4.44. The molecule has 128 valence electrons. The summed E-state index contributed by atoms with van der Waals surface area (Å²) in [6, 6.07) is 4.47. The van der Waals surface area contributed by atoms with Gasteiger partial charge in [-0.25, -0.2) is 4.68 Å². The van der Waals surface area contributed by atoms with Crippen molar-refractivity contribution in [1.29, 1.82) is 0 Å². The van der Waals surface area contributed by atoms with E-state index in [0.29, 0.717) is 6.04 Å². The minimum absolute atomic E-state index is 0.0159. The second-order valence-corrected chi connectivity index (χ2v) is 8.27. The van der Waals surface area contributed by atoms with Crippen molar-refractivity contribution in [1.82, 2.24) is 9.78 Å². The van der Waals surface area contributed by atoms with Crippen molar-refractivity contribution < 1.29 is 4.79 Å². The molecule has 1 atom stereocenters. The molecule has 0 bridgehead atoms. The van der Waals surface area contributed by atoms with Gasteiger partial charge in [-0.1, -0.05) is 26.2 Å². The van der Waals surface area contributed by atoms with E-state index >= 15 is 0 Å². The number of fused-ring (bicyclic) bond motifs is 1. The Bertz CT molecular complexity index is 727. The molecule has 1 saturated carbocycles. The van der Waals surface area contributed by atoms with Crippen molar-refractivity contribution in [2.75, 3.05) is 5.32 Å². The number of hydrogen-bond acceptors (Lipinski definition) is 3. The van der Waals surface area contributed by atoms with Crippen molar-refractivity contribution in [2.45, 2.75) is 64.3 Å². The fraction of sp³-hybridized carbons (Fsp3) is 0.579. The van der Waals surface area contributed by atoms with Crippen molar-refractivity contribution >= 4 is 23.1 Å². The number of rotatable bonds is 4. The molecule has 1 amide bonds. The Morgan fingerprint density at radius 3 is 3.00 bits per heavy atom. The molecule has 4 nitrogen and oxygen atoms in total. The van der Waals surface area contributed by atoms with E-state index in [9.17, 15) is 4.79 Å². The highest BCUT2D eigenvalue weighted by atomic mass is 32.1. The Hall–Kier alpha value is -1.62. The minimum atomic E-state index is 0.0159. The summed E-state index contributed by atoms with van der Waals surface area (Å²) in [5.41, 5.74) is 1.40. The number of carbonyl (C=O) groups is 1. The molecule has 2 heterocycles. The van der Waals surface area contributed by atoms with Gasteiger partial charge in [-0.15, -0.1) is 11.3 Å². The number of carbonyl (C=O) groups excluding carboxylic acids is 1. The molecule has 0 spiro atoms. The summed E-state index contributed by atoms with van der Waals surface area (Å²) in [5.74, 6) is 1.64. The van der Waals surface area contributed by atoms with Gasteiger partial charge in [-0.2, -0.15) is 5.10 Å². The Morgan fingerprint density at radius 2 is 2.21 bits per heavy atom. The summed E-state index contributed by atoms with van der Waals surface area (Å²) in [5, 5.41) is 7.53. The summed E-state index contributed by atoms with van der Waals surface area (Å²) >= 11 is 1.67. The molecule has 4 rings (SSSR count). The summed E-state index contributed by atoms with van der Waals surface area (Å²) in [6.07, 6.45) is 11.4. The average Bonchev–Trinajstić information content (AvgIpc) is 3.33. The number of thiophene rings is 1. The van der Waals surface area contributed by atoms with E-state index in [2.05, 4.69) is 23.4 Å². The lowest BCUT2D eigenvalue weighted by atomic mass is 9.87. The van der Waals surface area contributed by atoms with Gasteiger partial charge in [0.15, 0.2) is 0 Å². The molecule has 2 aromatic heterocycles. The fourth-order valence-electron chi connectivity index (χ4n) is 4.09. The van der Waals surface area contributed by atoms with Crippen LogP contribution in [-0.4, -0.2) is 15.7 Å². The van der Waals surface area contributed by atoms with E-state index in [4.69, 9.17) is 0 Å². The van der Waals surface area contributed by atoms with Gasteiger partial charge in [0, 0.05) is 10.9 Å². The van der Waals surface area contributed by atoms with Crippen molar-refractivity contribution in [2.24, 2.45) is 5.92 Å². The second kappa shape index (κ2) is 6.71. The maximum Gasteiger partial charge on any atom is 0.266 e. The monoisotopic (exact) mass is 343 g/mol.